The molecule has 3 aromatic rings. The highest BCUT2D eigenvalue weighted by Gasteiger charge is 2.04. The van der Waals surface area contributed by atoms with Gasteiger partial charge in [-0.15, -0.1) is 0 Å². The van der Waals surface area contributed by atoms with Gasteiger partial charge in [0, 0.05) is 18.4 Å². The summed E-state index contributed by atoms with van der Waals surface area (Å²) in [5.74, 6) is 3.06. The Morgan fingerprint density at radius 3 is 2.54 bits per heavy atom. The van der Waals surface area contributed by atoms with E-state index in [0.717, 1.165) is 41.5 Å². The molecule has 0 radical (unpaired) electrons. The quantitative estimate of drug-likeness (QED) is 0.564. The molecule has 0 amide bonds. The number of rotatable bonds is 9. The molecule has 0 bridgehead atoms. The third-order valence-corrected chi connectivity index (χ3v) is 4.03. The van der Waals surface area contributed by atoms with E-state index in [1.807, 2.05) is 62.4 Å². The highest BCUT2D eigenvalue weighted by atomic mass is 16.5. The number of nitrogens with zero attached hydrogens (tertiary/aromatic N) is 2. The lowest BCUT2D eigenvalue weighted by Crippen LogP contribution is -2.08. The Bertz CT molecular complexity index is 882. The number of hydrogen-bond donors (Lipinski definition) is 2. The summed E-state index contributed by atoms with van der Waals surface area (Å²) in [6.45, 7) is 4.76. The van der Waals surface area contributed by atoms with Crippen molar-refractivity contribution in [3.63, 3.8) is 0 Å². The Labute approximate surface area is 166 Å². The minimum atomic E-state index is 0.153. The number of methoxy groups -OCH3 is 1. The largest absolute Gasteiger partial charge is 0.496 e. The zero-order valence-electron chi connectivity index (χ0n) is 16.5. The summed E-state index contributed by atoms with van der Waals surface area (Å²) < 4.78 is 11.0. The van der Waals surface area contributed by atoms with Crippen LogP contribution in [-0.4, -0.2) is 29.7 Å². The zero-order chi connectivity index (χ0) is 19.8. The predicted octanol–water partition coefficient (Wildman–Crippen LogP) is 4.67. The van der Waals surface area contributed by atoms with Crippen molar-refractivity contribution in [1.82, 2.24) is 9.97 Å². The minimum absolute atomic E-state index is 0.153. The van der Waals surface area contributed by atoms with Gasteiger partial charge in [-0.25, -0.2) is 4.98 Å². The first-order valence-electron chi connectivity index (χ1n) is 9.36. The first-order chi connectivity index (χ1) is 13.6. The van der Waals surface area contributed by atoms with Crippen LogP contribution in [0.15, 0.2) is 60.8 Å². The molecule has 0 spiro atoms. The molecule has 1 aromatic heterocycles. The van der Waals surface area contributed by atoms with Crippen LogP contribution in [0.5, 0.6) is 11.5 Å². The summed E-state index contributed by atoms with van der Waals surface area (Å²) in [5.41, 5.74) is 2.07. The average molecular weight is 378 g/mol. The van der Waals surface area contributed by atoms with Crippen LogP contribution >= 0.6 is 0 Å². The molecule has 1 heterocycles. The molecule has 6 nitrogen and oxygen atoms in total. The van der Waals surface area contributed by atoms with Gasteiger partial charge in [0.25, 0.3) is 0 Å². The number of ether oxygens (including phenoxy) is 2. The number of para-hydroxylation sites is 1. The van der Waals surface area contributed by atoms with Gasteiger partial charge in [0.15, 0.2) is 0 Å². The monoisotopic (exact) mass is 378 g/mol. The number of aromatic nitrogens is 2. The number of benzene rings is 2. The van der Waals surface area contributed by atoms with Crippen LogP contribution in [0.25, 0.3) is 0 Å². The predicted molar refractivity (Wildman–Crippen MR) is 113 cm³/mol. The molecular formula is C22H26N4O2. The van der Waals surface area contributed by atoms with Gasteiger partial charge < -0.3 is 20.1 Å². The highest BCUT2D eigenvalue weighted by Crippen LogP contribution is 2.20. The van der Waals surface area contributed by atoms with Crippen molar-refractivity contribution in [3.8, 4) is 11.5 Å². The van der Waals surface area contributed by atoms with Crippen molar-refractivity contribution < 1.29 is 9.47 Å². The van der Waals surface area contributed by atoms with Gasteiger partial charge in [-0.3, -0.25) is 0 Å². The van der Waals surface area contributed by atoms with E-state index in [2.05, 4.69) is 26.7 Å². The van der Waals surface area contributed by atoms with Crippen LogP contribution in [0.3, 0.4) is 0 Å². The highest BCUT2D eigenvalue weighted by molar-refractivity contribution is 5.55. The molecule has 2 aromatic carbocycles. The van der Waals surface area contributed by atoms with E-state index < -0.39 is 0 Å². The van der Waals surface area contributed by atoms with E-state index >= 15 is 0 Å². The third kappa shape index (κ3) is 5.61. The van der Waals surface area contributed by atoms with Crippen LogP contribution in [0.2, 0.25) is 0 Å². The molecule has 0 atom stereocenters. The molecule has 6 heteroatoms. The lowest BCUT2D eigenvalue weighted by Gasteiger charge is -2.11. The van der Waals surface area contributed by atoms with Crippen molar-refractivity contribution >= 4 is 17.5 Å². The molecule has 0 aliphatic carbocycles. The minimum Gasteiger partial charge on any atom is -0.496 e. The maximum absolute atomic E-state index is 5.66. The van der Waals surface area contributed by atoms with Gasteiger partial charge in [-0.05, 0) is 62.2 Å². The van der Waals surface area contributed by atoms with Gasteiger partial charge in [-0.1, -0.05) is 18.2 Å². The van der Waals surface area contributed by atoms with Crippen LogP contribution < -0.4 is 20.1 Å². The first-order valence-corrected chi connectivity index (χ1v) is 9.36. The second-order valence-electron chi connectivity index (χ2n) is 6.57. The Balaban J connectivity index is 1.56. The van der Waals surface area contributed by atoms with Gasteiger partial charge in [-0.2, -0.15) is 4.98 Å². The Hall–Kier alpha value is -3.28. The smallest absolute Gasteiger partial charge is 0.229 e. The molecule has 0 aliphatic rings. The van der Waals surface area contributed by atoms with Gasteiger partial charge in [0.2, 0.25) is 5.95 Å². The molecule has 0 unspecified atom stereocenters. The summed E-state index contributed by atoms with van der Waals surface area (Å²) in [6.07, 6.45) is 2.73. The maximum Gasteiger partial charge on any atom is 0.229 e. The standard InChI is InChI=1S/C22H26N4O2/c1-16(2)28-19-10-8-18(9-11-19)25-22-24-15-13-21(26-22)23-14-12-17-6-4-5-7-20(17)27-3/h4-11,13,15-16H,12,14H2,1-3H3,(H2,23,24,25,26). The molecule has 2 N–H and O–H groups in total. The molecule has 0 saturated heterocycles. The van der Waals surface area contributed by atoms with Crippen LogP contribution in [0.1, 0.15) is 19.4 Å². The van der Waals surface area contributed by atoms with Crippen molar-refractivity contribution in [2.75, 3.05) is 24.3 Å². The number of hydrogen-bond acceptors (Lipinski definition) is 6. The SMILES string of the molecule is COc1ccccc1CCNc1ccnc(Nc2ccc(OC(C)C)cc2)n1. The molecular weight excluding hydrogens is 352 g/mol. The van der Waals surface area contributed by atoms with E-state index in [1.54, 1.807) is 13.3 Å². The fourth-order valence-corrected chi connectivity index (χ4v) is 2.77. The topological polar surface area (TPSA) is 68.3 Å². The van der Waals surface area contributed by atoms with E-state index in [9.17, 15) is 0 Å². The van der Waals surface area contributed by atoms with Gasteiger partial charge in [0.1, 0.15) is 17.3 Å². The lowest BCUT2D eigenvalue weighted by atomic mass is 10.1. The number of anilines is 3. The van der Waals surface area contributed by atoms with E-state index in [1.165, 1.54) is 0 Å². The second-order valence-corrected chi connectivity index (χ2v) is 6.57. The van der Waals surface area contributed by atoms with Crippen LogP contribution in [-0.2, 0) is 6.42 Å². The van der Waals surface area contributed by atoms with Crippen LogP contribution in [0, 0.1) is 0 Å². The Morgan fingerprint density at radius 2 is 1.79 bits per heavy atom. The van der Waals surface area contributed by atoms with Crippen molar-refractivity contribution in [3.05, 3.63) is 66.4 Å². The fourth-order valence-electron chi connectivity index (χ4n) is 2.77. The van der Waals surface area contributed by atoms with Crippen LogP contribution in [0.4, 0.5) is 17.5 Å². The molecule has 0 aliphatic heterocycles. The van der Waals surface area contributed by atoms with Crippen molar-refractivity contribution in [2.45, 2.75) is 26.4 Å². The third-order valence-electron chi connectivity index (χ3n) is 4.03. The molecule has 0 saturated carbocycles. The molecule has 28 heavy (non-hydrogen) atoms. The fraction of sp³-hybridized carbons (Fsp3) is 0.273. The molecule has 0 fully saturated rings. The van der Waals surface area contributed by atoms with Gasteiger partial charge >= 0.3 is 0 Å². The van der Waals surface area contributed by atoms with Gasteiger partial charge in [0.05, 0.1) is 13.2 Å². The molecule has 3 rings (SSSR count). The summed E-state index contributed by atoms with van der Waals surface area (Å²) in [5, 5.41) is 6.55. The molecule has 146 valence electrons. The summed E-state index contributed by atoms with van der Waals surface area (Å²) in [7, 11) is 1.69. The van der Waals surface area contributed by atoms with Crippen molar-refractivity contribution in [2.24, 2.45) is 0 Å². The summed E-state index contributed by atoms with van der Waals surface area (Å²) in [4.78, 5) is 8.80. The first kappa shape index (κ1) is 19.5. The maximum atomic E-state index is 5.66. The van der Waals surface area contributed by atoms with E-state index in [4.69, 9.17) is 9.47 Å². The summed E-state index contributed by atoms with van der Waals surface area (Å²) in [6, 6.07) is 17.6. The average Bonchev–Trinajstić information content (AvgIpc) is 2.70. The Morgan fingerprint density at radius 1 is 1.00 bits per heavy atom. The summed E-state index contributed by atoms with van der Waals surface area (Å²) >= 11 is 0. The lowest BCUT2D eigenvalue weighted by molar-refractivity contribution is 0.242. The van der Waals surface area contributed by atoms with Crippen molar-refractivity contribution in [1.29, 1.82) is 0 Å². The van der Waals surface area contributed by atoms with E-state index in [0.29, 0.717) is 5.95 Å². The Kier molecular flexibility index (Phi) is 6.68. The zero-order valence-corrected chi connectivity index (χ0v) is 16.5. The second kappa shape index (κ2) is 9.60. The van der Waals surface area contributed by atoms with E-state index in [-0.39, 0.29) is 6.10 Å². The normalized spacial score (nSPS) is 10.6. The number of nitrogens with one attached hydrogen (secondary N) is 2.